The van der Waals surface area contributed by atoms with Crippen molar-refractivity contribution in [2.75, 3.05) is 7.11 Å². The van der Waals surface area contributed by atoms with Crippen LogP contribution in [0.25, 0.3) is 11.1 Å². The fourth-order valence-corrected chi connectivity index (χ4v) is 1.89. The van der Waals surface area contributed by atoms with Crippen LogP contribution < -0.4 is 0 Å². The molecular weight excluding hydrogens is 266 g/mol. The summed E-state index contributed by atoms with van der Waals surface area (Å²) in [6, 6.07) is 9.90. The lowest BCUT2D eigenvalue weighted by atomic mass is 9.97. The Hall–Kier alpha value is -2.43. The monoisotopic (exact) mass is 278 g/mol. The predicted octanol–water partition coefficient (Wildman–Crippen LogP) is 3.78. The van der Waals surface area contributed by atoms with Crippen molar-refractivity contribution in [3.8, 4) is 16.9 Å². The van der Waals surface area contributed by atoms with Gasteiger partial charge in [-0.15, -0.1) is 0 Å². The molecule has 1 N–H and O–H groups in total. The number of carbonyl (C=O) groups excluding carboxylic acids is 1. The van der Waals surface area contributed by atoms with Crippen LogP contribution in [-0.4, -0.2) is 18.2 Å². The Morgan fingerprint density at radius 1 is 1.15 bits per heavy atom. The largest absolute Gasteiger partial charge is 0.508 e. The molecule has 0 radical (unpaired) electrons. The van der Waals surface area contributed by atoms with Crippen LogP contribution >= 0.6 is 0 Å². The highest BCUT2D eigenvalue weighted by atomic mass is 19.3. The molecule has 0 saturated carbocycles. The van der Waals surface area contributed by atoms with E-state index in [4.69, 9.17) is 0 Å². The maximum Gasteiger partial charge on any atom is 0.337 e. The van der Waals surface area contributed by atoms with E-state index in [1.165, 1.54) is 43.5 Å². The summed E-state index contributed by atoms with van der Waals surface area (Å²) in [5.74, 6) is -0.609. The number of hydrogen-bond donors (Lipinski definition) is 1. The summed E-state index contributed by atoms with van der Waals surface area (Å²) in [7, 11) is 1.19. The number of aromatic hydroxyl groups is 1. The second-order valence-electron chi connectivity index (χ2n) is 4.14. The van der Waals surface area contributed by atoms with Crippen LogP contribution in [0.5, 0.6) is 5.75 Å². The van der Waals surface area contributed by atoms with E-state index in [-0.39, 0.29) is 16.9 Å². The first-order valence-electron chi connectivity index (χ1n) is 5.82. The molecule has 0 aromatic heterocycles. The first kappa shape index (κ1) is 14.0. The molecule has 0 amide bonds. The van der Waals surface area contributed by atoms with E-state index in [0.717, 1.165) is 6.07 Å². The van der Waals surface area contributed by atoms with E-state index in [1.54, 1.807) is 0 Å². The lowest BCUT2D eigenvalue weighted by Gasteiger charge is -2.11. The number of benzene rings is 2. The van der Waals surface area contributed by atoms with Gasteiger partial charge in [-0.2, -0.15) is 0 Å². The van der Waals surface area contributed by atoms with Gasteiger partial charge >= 0.3 is 5.97 Å². The Morgan fingerprint density at radius 2 is 1.80 bits per heavy atom. The highest BCUT2D eigenvalue weighted by molar-refractivity contribution is 5.90. The number of methoxy groups -OCH3 is 1. The van der Waals surface area contributed by atoms with Crippen molar-refractivity contribution in [3.63, 3.8) is 0 Å². The highest BCUT2D eigenvalue weighted by Crippen LogP contribution is 2.32. The van der Waals surface area contributed by atoms with Gasteiger partial charge in [0.2, 0.25) is 0 Å². The summed E-state index contributed by atoms with van der Waals surface area (Å²) < 4.78 is 30.8. The molecule has 0 saturated heterocycles. The zero-order valence-electron chi connectivity index (χ0n) is 10.6. The SMILES string of the molecule is COC(=O)c1ccc(-c2ccc(O)cc2)c(C(F)F)c1. The van der Waals surface area contributed by atoms with Gasteiger partial charge in [0.1, 0.15) is 5.75 Å². The maximum atomic E-state index is 13.1. The molecule has 0 atom stereocenters. The molecule has 0 aliphatic carbocycles. The van der Waals surface area contributed by atoms with Crippen molar-refractivity contribution >= 4 is 5.97 Å². The van der Waals surface area contributed by atoms with Crippen LogP contribution in [0.15, 0.2) is 42.5 Å². The number of rotatable bonds is 3. The fraction of sp³-hybridized carbons (Fsp3) is 0.133. The van der Waals surface area contributed by atoms with Crippen molar-refractivity contribution < 1.29 is 23.4 Å². The van der Waals surface area contributed by atoms with E-state index < -0.39 is 12.4 Å². The quantitative estimate of drug-likeness (QED) is 0.869. The molecule has 5 heteroatoms. The number of hydrogen-bond acceptors (Lipinski definition) is 3. The molecule has 2 aromatic carbocycles. The molecule has 2 aromatic rings. The fourth-order valence-electron chi connectivity index (χ4n) is 1.89. The normalized spacial score (nSPS) is 10.6. The number of esters is 1. The van der Waals surface area contributed by atoms with Gasteiger partial charge in [-0.05, 0) is 35.4 Å². The summed E-state index contributed by atoms with van der Waals surface area (Å²) in [6.45, 7) is 0. The number of phenolic OH excluding ortho intramolecular Hbond substituents is 1. The molecule has 0 bridgehead atoms. The van der Waals surface area contributed by atoms with E-state index in [0.29, 0.717) is 11.1 Å². The average Bonchev–Trinajstić information content (AvgIpc) is 2.46. The van der Waals surface area contributed by atoms with Crippen LogP contribution in [0, 0.1) is 0 Å². The minimum atomic E-state index is -2.72. The maximum absolute atomic E-state index is 13.1. The third kappa shape index (κ3) is 2.77. The minimum Gasteiger partial charge on any atom is -0.508 e. The van der Waals surface area contributed by atoms with Crippen LogP contribution in [-0.2, 0) is 4.74 Å². The van der Waals surface area contributed by atoms with Crippen molar-refractivity contribution in [1.82, 2.24) is 0 Å². The first-order chi connectivity index (χ1) is 9.52. The number of ether oxygens (including phenoxy) is 1. The zero-order chi connectivity index (χ0) is 14.7. The zero-order valence-corrected chi connectivity index (χ0v) is 10.6. The van der Waals surface area contributed by atoms with E-state index in [9.17, 15) is 18.7 Å². The van der Waals surface area contributed by atoms with Gasteiger partial charge in [0.15, 0.2) is 0 Å². The van der Waals surface area contributed by atoms with Crippen molar-refractivity contribution in [2.24, 2.45) is 0 Å². The molecule has 3 nitrogen and oxygen atoms in total. The van der Waals surface area contributed by atoms with Crippen LogP contribution in [0.3, 0.4) is 0 Å². The topological polar surface area (TPSA) is 46.5 Å². The van der Waals surface area contributed by atoms with Gasteiger partial charge in [0, 0.05) is 5.56 Å². The van der Waals surface area contributed by atoms with Gasteiger partial charge in [-0.3, -0.25) is 0 Å². The van der Waals surface area contributed by atoms with Gasteiger partial charge in [-0.1, -0.05) is 18.2 Å². The first-order valence-corrected chi connectivity index (χ1v) is 5.82. The van der Waals surface area contributed by atoms with Gasteiger partial charge in [-0.25, -0.2) is 13.6 Å². The summed E-state index contributed by atoms with van der Waals surface area (Å²) in [4.78, 5) is 11.4. The molecular formula is C15H12F2O3. The van der Waals surface area contributed by atoms with Crippen molar-refractivity contribution in [2.45, 2.75) is 6.43 Å². The third-order valence-corrected chi connectivity index (χ3v) is 2.89. The summed E-state index contributed by atoms with van der Waals surface area (Å²) >= 11 is 0. The van der Waals surface area contributed by atoms with E-state index >= 15 is 0 Å². The summed E-state index contributed by atoms with van der Waals surface area (Å²) in [5, 5.41) is 9.22. The van der Waals surface area contributed by atoms with Gasteiger partial charge in [0.25, 0.3) is 6.43 Å². The number of carbonyl (C=O) groups is 1. The van der Waals surface area contributed by atoms with E-state index in [1.807, 2.05) is 0 Å². The molecule has 104 valence electrons. The summed E-state index contributed by atoms with van der Waals surface area (Å²) in [6.07, 6.45) is -2.72. The number of phenols is 1. The van der Waals surface area contributed by atoms with Crippen LogP contribution in [0.4, 0.5) is 8.78 Å². The standard InChI is InChI=1S/C15H12F2O3/c1-20-15(19)10-4-7-12(13(8-10)14(16)17)9-2-5-11(18)6-3-9/h2-8,14,18H,1H3. The lowest BCUT2D eigenvalue weighted by Crippen LogP contribution is -2.03. The molecule has 2 rings (SSSR count). The molecule has 0 aliphatic heterocycles. The molecule has 0 unspecified atom stereocenters. The minimum absolute atomic E-state index is 0.0542. The third-order valence-electron chi connectivity index (χ3n) is 2.89. The Bertz CT molecular complexity index is 622. The smallest absolute Gasteiger partial charge is 0.337 e. The molecule has 0 spiro atoms. The highest BCUT2D eigenvalue weighted by Gasteiger charge is 2.17. The van der Waals surface area contributed by atoms with Gasteiger partial charge < -0.3 is 9.84 Å². The van der Waals surface area contributed by atoms with Crippen molar-refractivity contribution in [3.05, 3.63) is 53.6 Å². The second-order valence-corrected chi connectivity index (χ2v) is 4.14. The second kappa shape index (κ2) is 5.69. The Labute approximate surface area is 114 Å². The number of alkyl halides is 2. The van der Waals surface area contributed by atoms with E-state index in [2.05, 4.69) is 4.74 Å². The summed E-state index contributed by atoms with van der Waals surface area (Å²) in [5.41, 5.74) is 0.672. The van der Waals surface area contributed by atoms with Gasteiger partial charge in [0.05, 0.1) is 12.7 Å². The van der Waals surface area contributed by atoms with Crippen LogP contribution in [0.2, 0.25) is 0 Å². The molecule has 0 aliphatic rings. The lowest BCUT2D eigenvalue weighted by molar-refractivity contribution is 0.0600. The predicted molar refractivity (Wildman–Crippen MR) is 69.8 cm³/mol. The Kier molecular flexibility index (Phi) is 3.98. The average molecular weight is 278 g/mol. The number of halogens is 2. The Morgan fingerprint density at radius 3 is 2.35 bits per heavy atom. The van der Waals surface area contributed by atoms with Crippen molar-refractivity contribution in [1.29, 1.82) is 0 Å². The molecule has 0 heterocycles. The molecule has 20 heavy (non-hydrogen) atoms. The Balaban J connectivity index is 2.53. The molecule has 0 fully saturated rings. The van der Waals surface area contributed by atoms with Crippen LogP contribution in [0.1, 0.15) is 22.3 Å².